The number of hydroxylamine groups is 2. The minimum Gasteiger partial charge on any atom is -0.483 e. The Kier molecular flexibility index (Phi) is 6.56. The van der Waals surface area contributed by atoms with Crippen LogP contribution in [0.1, 0.15) is 30.3 Å². The normalized spacial score (nSPS) is 24.4. The standard InChI is InChI=1S/C20H26N6O3.CH2O2/c1-2-29-26-10-9-25(20(26)28)14-3-4-15-16(11-14)22-23-18(15)19(27)21-17-12-24-7-5-13(17)6-8-24;2-1-3/h3-4,11,13,17H,2,5-10,12H2,1H3,(H,21,27)(H,22,23);1H,(H,2,3)/t17-;/m0./s1. The van der Waals surface area contributed by atoms with Gasteiger partial charge < -0.3 is 15.3 Å². The average molecular weight is 444 g/mol. The van der Waals surface area contributed by atoms with Gasteiger partial charge in [-0.25, -0.2) is 9.86 Å². The van der Waals surface area contributed by atoms with Crippen LogP contribution in [0, 0.1) is 5.92 Å². The monoisotopic (exact) mass is 444 g/mol. The van der Waals surface area contributed by atoms with Crippen LogP contribution < -0.4 is 10.2 Å². The molecule has 3 amide bonds. The maximum atomic E-state index is 12.9. The first kappa shape index (κ1) is 22.0. The van der Waals surface area contributed by atoms with E-state index in [-0.39, 0.29) is 24.5 Å². The van der Waals surface area contributed by atoms with Gasteiger partial charge in [0, 0.05) is 30.2 Å². The number of nitrogens with one attached hydrogen (secondary N) is 2. The number of nitrogens with zero attached hydrogens (tertiary/aromatic N) is 4. The first-order valence-corrected chi connectivity index (χ1v) is 10.9. The average Bonchev–Trinajstić information content (AvgIpc) is 3.39. The van der Waals surface area contributed by atoms with E-state index in [1.54, 1.807) is 4.90 Å². The third-order valence-corrected chi connectivity index (χ3v) is 6.30. The summed E-state index contributed by atoms with van der Waals surface area (Å²) in [6, 6.07) is 5.60. The summed E-state index contributed by atoms with van der Waals surface area (Å²) in [7, 11) is 0. The number of carboxylic acid groups (broad SMARTS) is 1. The minimum atomic E-state index is -0.250. The highest BCUT2D eigenvalue weighted by molar-refractivity contribution is 6.06. The van der Waals surface area contributed by atoms with Crippen LogP contribution in [0.2, 0.25) is 0 Å². The van der Waals surface area contributed by atoms with E-state index in [4.69, 9.17) is 14.7 Å². The maximum Gasteiger partial charge on any atom is 0.348 e. The fraction of sp³-hybridized carbons (Fsp3) is 0.524. The highest BCUT2D eigenvalue weighted by Gasteiger charge is 2.35. The highest BCUT2D eigenvalue weighted by Crippen LogP contribution is 2.29. The van der Waals surface area contributed by atoms with E-state index in [2.05, 4.69) is 20.4 Å². The van der Waals surface area contributed by atoms with E-state index in [9.17, 15) is 9.59 Å². The van der Waals surface area contributed by atoms with E-state index in [0.29, 0.717) is 31.3 Å². The van der Waals surface area contributed by atoms with Crippen LogP contribution in [0.5, 0.6) is 0 Å². The van der Waals surface area contributed by atoms with Gasteiger partial charge in [0.05, 0.1) is 18.7 Å². The number of aromatic amines is 1. The molecule has 2 bridgehead atoms. The van der Waals surface area contributed by atoms with Crippen molar-refractivity contribution < 1.29 is 24.3 Å². The molecule has 0 spiro atoms. The Balaban J connectivity index is 0.000000775. The van der Waals surface area contributed by atoms with E-state index in [0.717, 1.165) is 49.1 Å². The molecule has 32 heavy (non-hydrogen) atoms. The summed E-state index contributed by atoms with van der Waals surface area (Å²) in [4.78, 5) is 43.1. The first-order chi connectivity index (χ1) is 15.5. The van der Waals surface area contributed by atoms with Crippen LogP contribution in [0.15, 0.2) is 18.2 Å². The van der Waals surface area contributed by atoms with Crippen molar-refractivity contribution in [3.63, 3.8) is 0 Å². The molecular weight excluding hydrogens is 416 g/mol. The molecule has 4 aliphatic heterocycles. The Morgan fingerprint density at radius 2 is 2.06 bits per heavy atom. The summed E-state index contributed by atoms with van der Waals surface area (Å²) >= 11 is 0. The molecule has 4 aliphatic rings. The van der Waals surface area contributed by atoms with E-state index < -0.39 is 0 Å². The summed E-state index contributed by atoms with van der Waals surface area (Å²) < 4.78 is 0. The van der Waals surface area contributed by atoms with Crippen LogP contribution in [0.4, 0.5) is 10.5 Å². The fourth-order valence-electron chi connectivity index (χ4n) is 4.75. The lowest BCUT2D eigenvalue weighted by atomic mass is 9.84. The zero-order chi connectivity index (χ0) is 22.7. The van der Waals surface area contributed by atoms with Gasteiger partial charge in [-0.1, -0.05) is 0 Å². The smallest absolute Gasteiger partial charge is 0.348 e. The third-order valence-electron chi connectivity index (χ3n) is 6.30. The summed E-state index contributed by atoms with van der Waals surface area (Å²) in [6.45, 7) is 6.36. The van der Waals surface area contributed by atoms with Crippen molar-refractivity contribution in [3.8, 4) is 0 Å². The molecule has 0 saturated carbocycles. The predicted molar refractivity (Wildman–Crippen MR) is 116 cm³/mol. The quantitative estimate of drug-likeness (QED) is 0.592. The molecule has 4 fully saturated rings. The Morgan fingerprint density at radius 3 is 2.72 bits per heavy atom. The Labute approximate surface area is 185 Å². The molecule has 0 unspecified atom stereocenters. The van der Waals surface area contributed by atoms with Crippen molar-refractivity contribution >= 4 is 35.0 Å². The van der Waals surface area contributed by atoms with Crippen LogP contribution >= 0.6 is 0 Å². The molecule has 3 N–H and O–H groups in total. The lowest BCUT2D eigenvalue weighted by Crippen LogP contribution is -2.57. The van der Waals surface area contributed by atoms with Crippen molar-refractivity contribution in [1.82, 2.24) is 25.5 Å². The number of carbonyl (C=O) groups excluding carboxylic acids is 2. The fourth-order valence-corrected chi connectivity index (χ4v) is 4.75. The number of anilines is 1. The molecule has 0 radical (unpaired) electrons. The molecule has 172 valence electrons. The lowest BCUT2D eigenvalue weighted by Gasteiger charge is -2.44. The largest absolute Gasteiger partial charge is 0.483 e. The number of benzene rings is 1. The summed E-state index contributed by atoms with van der Waals surface area (Å²) in [6.07, 6.45) is 2.30. The van der Waals surface area contributed by atoms with Gasteiger partial charge in [-0.05, 0) is 57.0 Å². The van der Waals surface area contributed by atoms with E-state index in [1.165, 1.54) is 5.06 Å². The number of urea groups is 1. The molecule has 1 aromatic carbocycles. The second-order valence-corrected chi connectivity index (χ2v) is 8.08. The SMILES string of the molecule is CCON1CCN(c2ccc3c(C(=O)N[C@H]4CN5CCC4CC5)n[nH]c3c2)C1=O.O=CO. The zero-order valence-corrected chi connectivity index (χ0v) is 18.0. The van der Waals surface area contributed by atoms with Crippen molar-refractivity contribution in [3.05, 3.63) is 23.9 Å². The number of amides is 3. The van der Waals surface area contributed by atoms with Crippen molar-refractivity contribution in [2.45, 2.75) is 25.8 Å². The van der Waals surface area contributed by atoms with Crippen LogP contribution in [-0.4, -0.2) is 89.1 Å². The Morgan fingerprint density at radius 1 is 1.31 bits per heavy atom. The third kappa shape index (κ3) is 4.26. The molecule has 2 aromatic rings. The Bertz CT molecular complexity index is 986. The number of carbonyl (C=O) groups is 3. The second-order valence-electron chi connectivity index (χ2n) is 8.08. The highest BCUT2D eigenvalue weighted by atomic mass is 16.7. The molecule has 5 heterocycles. The second kappa shape index (κ2) is 9.53. The van der Waals surface area contributed by atoms with Crippen LogP contribution in [0.3, 0.4) is 0 Å². The molecule has 0 aliphatic carbocycles. The van der Waals surface area contributed by atoms with Crippen molar-refractivity contribution in [1.29, 1.82) is 0 Å². The van der Waals surface area contributed by atoms with Crippen molar-refractivity contribution in [2.24, 2.45) is 5.92 Å². The maximum absolute atomic E-state index is 12.9. The lowest BCUT2D eigenvalue weighted by molar-refractivity contribution is -0.122. The van der Waals surface area contributed by atoms with Gasteiger partial charge in [0.25, 0.3) is 12.4 Å². The molecular formula is C21H28N6O5. The number of fused-ring (bicyclic) bond motifs is 4. The van der Waals surface area contributed by atoms with Gasteiger partial charge >= 0.3 is 6.03 Å². The van der Waals surface area contributed by atoms with E-state index in [1.807, 2.05) is 25.1 Å². The van der Waals surface area contributed by atoms with E-state index >= 15 is 0 Å². The molecule has 6 rings (SSSR count). The molecule has 1 atom stereocenters. The molecule has 4 saturated heterocycles. The number of H-pyrrole nitrogens is 1. The minimum absolute atomic E-state index is 0.137. The first-order valence-electron chi connectivity index (χ1n) is 10.9. The number of hydrogen-bond acceptors (Lipinski definition) is 6. The van der Waals surface area contributed by atoms with Gasteiger partial charge in [-0.2, -0.15) is 5.10 Å². The van der Waals surface area contributed by atoms with Crippen LogP contribution in [-0.2, 0) is 9.63 Å². The summed E-state index contributed by atoms with van der Waals surface area (Å²) in [5, 5.41) is 19.4. The molecule has 11 heteroatoms. The topological polar surface area (TPSA) is 131 Å². The summed E-state index contributed by atoms with van der Waals surface area (Å²) in [5.41, 5.74) is 1.91. The number of rotatable bonds is 5. The number of piperidine rings is 3. The molecule has 11 nitrogen and oxygen atoms in total. The summed E-state index contributed by atoms with van der Waals surface area (Å²) in [5.74, 6) is 0.428. The molecule has 1 aromatic heterocycles. The van der Waals surface area contributed by atoms with Crippen LogP contribution in [0.25, 0.3) is 10.9 Å². The van der Waals surface area contributed by atoms with Gasteiger partial charge in [0.2, 0.25) is 0 Å². The van der Waals surface area contributed by atoms with Gasteiger partial charge in [-0.15, -0.1) is 0 Å². The predicted octanol–water partition coefficient (Wildman–Crippen LogP) is 1.28. The van der Waals surface area contributed by atoms with Gasteiger partial charge in [-0.3, -0.25) is 24.4 Å². The van der Waals surface area contributed by atoms with Gasteiger partial charge in [0.15, 0.2) is 5.69 Å². The number of hydrogen-bond donors (Lipinski definition) is 3. The van der Waals surface area contributed by atoms with Gasteiger partial charge in [0.1, 0.15) is 0 Å². The van der Waals surface area contributed by atoms with Crippen molar-refractivity contribution in [2.75, 3.05) is 44.2 Å². The number of aromatic nitrogens is 2. The Hall–Kier alpha value is -3.18. The zero-order valence-electron chi connectivity index (χ0n) is 18.0.